The second-order valence-electron chi connectivity index (χ2n) is 2.89. The van der Waals surface area contributed by atoms with Crippen LogP contribution >= 0.6 is 0 Å². The van der Waals surface area contributed by atoms with E-state index >= 15 is 0 Å². The summed E-state index contributed by atoms with van der Waals surface area (Å²) in [6, 6.07) is 2.59. The lowest BCUT2D eigenvalue weighted by Crippen LogP contribution is -2.17. The molecular weight excluding hydrogens is 204 g/mol. The first-order valence-corrected chi connectivity index (χ1v) is 4.20. The summed E-state index contributed by atoms with van der Waals surface area (Å²) in [5, 5.41) is 8.45. The number of nitriles is 1. The lowest BCUT2D eigenvalue weighted by molar-refractivity contribution is 0.145. The van der Waals surface area contributed by atoms with E-state index in [1.54, 1.807) is 6.07 Å². The topological polar surface area (TPSA) is 82.7 Å². The van der Waals surface area contributed by atoms with Crippen LogP contribution in [0.25, 0.3) is 0 Å². The van der Waals surface area contributed by atoms with Crippen LogP contribution in [0.2, 0.25) is 0 Å². The first kappa shape index (κ1) is 11.3. The molecule has 0 radical (unpaired) electrons. The highest BCUT2D eigenvalue weighted by Gasteiger charge is 2.13. The molecule has 1 rings (SSSR count). The van der Waals surface area contributed by atoms with Crippen molar-refractivity contribution >= 4 is 0 Å². The van der Waals surface area contributed by atoms with Gasteiger partial charge in [0.1, 0.15) is 0 Å². The number of nitrogens with two attached hydrogens (primary N) is 1. The van der Waals surface area contributed by atoms with Gasteiger partial charge in [0, 0.05) is 23.9 Å². The van der Waals surface area contributed by atoms with Gasteiger partial charge in [-0.1, -0.05) is 0 Å². The molecule has 0 bridgehead atoms. The SMILES string of the molecule is N#CCc1c(CN)[nH]c(C(F)F)cc1=O. The van der Waals surface area contributed by atoms with Crippen molar-refractivity contribution in [1.29, 1.82) is 5.26 Å². The third-order valence-electron chi connectivity index (χ3n) is 1.94. The van der Waals surface area contributed by atoms with Crippen LogP contribution in [-0.2, 0) is 13.0 Å². The van der Waals surface area contributed by atoms with Gasteiger partial charge in [-0.25, -0.2) is 8.78 Å². The average molecular weight is 213 g/mol. The highest BCUT2D eigenvalue weighted by molar-refractivity contribution is 5.26. The molecule has 80 valence electrons. The average Bonchev–Trinajstić information content (AvgIpc) is 2.20. The Morgan fingerprint density at radius 1 is 1.60 bits per heavy atom. The molecule has 0 fully saturated rings. The van der Waals surface area contributed by atoms with E-state index in [0.717, 1.165) is 6.07 Å². The number of H-pyrrole nitrogens is 1. The number of hydrogen-bond acceptors (Lipinski definition) is 3. The third kappa shape index (κ3) is 2.39. The van der Waals surface area contributed by atoms with Crippen LogP contribution in [-0.4, -0.2) is 4.98 Å². The zero-order chi connectivity index (χ0) is 11.4. The lowest BCUT2D eigenvalue weighted by atomic mass is 10.1. The van der Waals surface area contributed by atoms with E-state index in [0.29, 0.717) is 0 Å². The van der Waals surface area contributed by atoms with Gasteiger partial charge < -0.3 is 10.7 Å². The van der Waals surface area contributed by atoms with Crippen LogP contribution in [0.5, 0.6) is 0 Å². The minimum absolute atomic E-state index is 0.0766. The van der Waals surface area contributed by atoms with Gasteiger partial charge in [0.25, 0.3) is 6.43 Å². The number of aromatic nitrogens is 1. The number of aromatic amines is 1. The minimum Gasteiger partial charge on any atom is -0.356 e. The summed E-state index contributed by atoms with van der Waals surface area (Å²) < 4.78 is 24.6. The third-order valence-corrected chi connectivity index (χ3v) is 1.94. The molecule has 0 aliphatic carbocycles. The van der Waals surface area contributed by atoms with Crippen LogP contribution in [0, 0.1) is 11.3 Å². The summed E-state index contributed by atoms with van der Waals surface area (Å²) in [4.78, 5) is 13.7. The van der Waals surface area contributed by atoms with Crippen LogP contribution in [0.3, 0.4) is 0 Å². The minimum atomic E-state index is -2.75. The van der Waals surface area contributed by atoms with Crippen molar-refractivity contribution in [2.75, 3.05) is 0 Å². The van der Waals surface area contributed by atoms with Crippen molar-refractivity contribution in [2.24, 2.45) is 5.73 Å². The van der Waals surface area contributed by atoms with Crippen LogP contribution < -0.4 is 11.2 Å². The Bertz CT molecular complexity index is 448. The number of halogens is 2. The Hall–Kier alpha value is -1.74. The maximum Gasteiger partial charge on any atom is 0.278 e. The summed E-state index contributed by atoms with van der Waals surface area (Å²) in [7, 11) is 0. The zero-order valence-electron chi connectivity index (χ0n) is 7.76. The normalized spacial score (nSPS) is 10.3. The Balaban J connectivity index is 3.32. The molecule has 3 N–H and O–H groups in total. The van der Waals surface area contributed by atoms with Gasteiger partial charge >= 0.3 is 0 Å². The van der Waals surface area contributed by atoms with E-state index < -0.39 is 17.5 Å². The molecule has 0 saturated carbocycles. The summed E-state index contributed by atoms with van der Waals surface area (Å²) in [6.45, 7) is -0.0766. The molecule has 0 aromatic carbocycles. The summed E-state index contributed by atoms with van der Waals surface area (Å²) in [5.41, 5.74) is 4.60. The molecule has 0 saturated heterocycles. The fourth-order valence-corrected chi connectivity index (χ4v) is 1.23. The van der Waals surface area contributed by atoms with Gasteiger partial charge in [-0.15, -0.1) is 0 Å². The first-order valence-electron chi connectivity index (χ1n) is 4.20. The Labute approximate surface area is 84.3 Å². The standard InChI is InChI=1S/C9H9F2N3O/c10-9(11)6-3-8(15)5(1-2-12)7(4-13)14-6/h3,9H,1,4,13H2,(H,14,15). The number of rotatable bonds is 3. The number of nitrogens with zero attached hydrogens (tertiary/aromatic N) is 1. The predicted molar refractivity (Wildman–Crippen MR) is 49.2 cm³/mol. The van der Waals surface area contributed by atoms with E-state index in [-0.39, 0.29) is 24.2 Å². The summed E-state index contributed by atoms with van der Waals surface area (Å²) >= 11 is 0. The molecule has 0 aliphatic rings. The molecule has 0 spiro atoms. The highest BCUT2D eigenvalue weighted by Crippen LogP contribution is 2.15. The summed E-state index contributed by atoms with van der Waals surface area (Å²) in [5.74, 6) is 0. The maximum atomic E-state index is 12.3. The largest absolute Gasteiger partial charge is 0.356 e. The van der Waals surface area contributed by atoms with Gasteiger partial charge in [0.05, 0.1) is 18.2 Å². The quantitative estimate of drug-likeness (QED) is 0.780. The van der Waals surface area contributed by atoms with Crippen molar-refractivity contribution in [3.05, 3.63) is 33.2 Å². The number of alkyl halides is 2. The van der Waals surface area contributed by atoms with E-state index in [4.69, 9.17) is 11.0 Å². The lowest BCUT2D eigenvalue weighted by Gasteiger charge is -2.07. The van der Waals surface area contributed by atoms with Gasteiger partial charge in [-0.3, -0.25) is 4.79 Å². The van der Waals surface area contributed by atoms with E-state index in [1.807, 2.05) is 0 Å². The van der Waals surface area contributed by atoms with Crippen LogP contribution in [0.1, 0.15) is 23.4 Å². The van der Waals surface area contributed by atoms with E-state index in [9.17, 15) is 13.6 Å². The number of pyridine rings is 1. The van der Waals surface area contributed by atoms with Crippen molar-refractivity contribution < 1.29 is 8.78 Å². The molecule has 0 unspecified atom stereocenters. The van der Waals surface area contributed by atoms with E-state index in [2.05, 4.69) is 4.98 Å². The fourth-order valence-electron chi connectivity index (χ4n) is 1.23. The molecule has 4 nitrogen and oxygen atoms in total. The fraction of sp³-hybridized carbons (Fsp3) is 0.333. The van der Waals surface area contributed by atoms with E-state index in [1.165, 1.54) is 0 Å². The zero-order valence-corrected chi connectivity index (χ0v) is 7.76. The molecular formula is C9H9F2N3O. The molecule has 1 heterocycles. The molecule has 1 aromatic rings. The van der Waals surface area contributed by atoms with Crippen molar-refractivity contribution in [3.8, 4) is 6.07 Å². The number of nitrogens with one attached hydrogen (secondary N) is 1. The smallest absolute Gasteiger partial charge is 0.278 e. The number of hydrogen-bond donors (Lipinski definition) is 2. The molecule has 0 aliphatic heterocycles. The van der Waals surface area contributed by atoms with Gasteiger partial charge in [-0.05, 0) is 0 Å². The molecule has 0 atom stereocenters. The first-order chi connectivity index (χ1) is 7.10. The molecule has 6 heteroatoms. The highest BCUT2D eigenvalue weighted by atomic mass is 19.3. The van der Waals surface area contributed by atoms with Crippen molar-refractivity contribution in [3.63, 3.8) is 0 Å². The van der Waals surface area contributed by atoms with Gasteiger partial charge in [0.2, 0.25) is 0 Å². The second-order valence-corrected chi connectivity index (χ2v) is 2.89. The van der Waals surface area contributed by atoms with Crippen molar-refractivity contribution in [2.45, 2.75) is 19.4 Å². The monoisotopic (exact) mass is 213 g/mol. The Morgan fingerprint density at radius 3 is 2.73 bits per heavy atom. The Morgan fingerprint density at radius 2 is 2.27 bits per heavy atom. The second kappa shape index (κ2) is 4.66. The van der Waals surface area contributed by atoms with Crippen LogP contribution in [0.15, 0.2) is 10.9 Å². The van der Waals surface area contributed by atoms with Gasteiger partial charge in [0.15, 0.2) is 5.43 Å². The van der Waals surface area contributed by atoms with Crippen molar-refractivity contribution in [1.82, 2.24) is 4.98 Å². The summed E-state index contributed by atoms with van der Waals surface area (Å²) in [6.07, 6.45) is -2.88. The predicted octanol–water partition coefficient (Wildman–Crippen LogP) is 0.837. The molecule has 0 amide bonds. The van der Waals surface area contributed by atoms with Gasteiger partial charge in [-0.2, -0.15) is 5.26 Å². The van der Waals surface area contributed by atoms with Crippen LogP contribution in [0.4, 0.5) is 8.78 Å². The maximum absolute atomic E-state index is 12.3. The molecule has 1 aromatic heterocycles. The Kier molecular flexibility index (Phi) is 3.52. The molecule has 15 heavy (non-hydrogen) atoms.